The Hall–Kier alpha value is -7.07. The summed E-state index contributed by atoms with van der Waals surface area (Å²) in [5, 5.41) is 8.66. The van der Waals surface area contributed by atoms with Crippen molar-refractivity contribution in [1.29, 1.82) is 0 Å². The first-order chi connectivity index (χ1) is 29.6. The summed E-state index contributed by atoms with van der Waals surface area (Å²) in [7, 11) is 3.32. The molecule has 9 heteroatoms. The van der Waals surface area contributed by atoms with Gasteiger partial charge in [0.05, 0.1) is 26.0 Å². The number of aromatic nitrogens is 3. The Labute approximate surface area is 349 Å². The van der Waals surface area contributed by atoms with Crippen LogP contribution in [-0.2, 0) is 25.4 Å². The number of fused-ring (bicyclic) bond motifs is 1. The van der Waals surface area contributed by atoms with Crippen molar-refractivity contribution >= 4 is 17.6 Å². The number of carbonyl (C=O) groups is 1. The molecule has 1 saturated heterocycles. The van der Waals surface area contributed by atoms with Crippen LogP contribution in [0.25, 0.3) is 5.52 Å². The van der Waals surface area contributed by atoms with E-state index in [0.29, 0.717) is 12.2 Å². The van der Waals surface area contributed by atoms with Crippen molar-refractivity contribution in [3.05, 3.63) is 227 Å². The van der Waals surface area contributed by atoms with Gasteiger partial charge in [0.2, 0.25) is 0 Å². The number of hydrogen-bond acceptors (Lipinski definition) is 8. The predicted octanol–water partition coefficient (Wildman–Crippen LogP) is 9.56. The number of methoxy groups -OCH3 is 2. The van der Waals surface area contributed by atoms with Crippen LogP contribution in [0.4, 0.5) is 5.82 Å². The minimum atomic E-state index is -1.08. The third kappa shape index (κ3) is 6.87. The van der Waals surface area contributed by atoms with Crippen LogP contribution >= 0.6 is 0 Å². The Bertz CT molecular complexity index is 2580. The van der Waals surface area contributed by atoms with E-state index in [0.717, 1.165) is 62.4 Å². The van der Waals surface area contributed by atoms with Crippen LogP contribution in [0.3, 0.4) is 0 Å². The lowest BCUT2D eigenvalue weighted by Gasteiger charge is -2.38. The summed E-state index contributed by atoms with van der Waals surface area (Å²) in [6.45, 7) is 0. The maximum atomic E-state index is 13.0. The van der Waals surface area contributed by atoms with Gasteiger partial charge in [-0.3, -0.25) is 0 Å². The Morgan fingerprint density at radius 3 is 1.58 bits per heavy atom. The third-order valence-electron chi connectivity index (χ3n) is 11.5. The molecule has 298 valence electrons. The van der Waals surface area contributed by atoms with Gasteiger partial charge in [-0.25, -0.2) is 9.50 Å². The van der Waals surface area contributed by atoms with Gasteiger partial charge in [0.1, 0.15) is 46.7 Å². The van der Waals surface area contributed by atoms with Gasteiger partial charge in [0.25, 0.3) is 0 Å². The topological polar surface area (TPSA) is 96.2 Å². The smallest absolute Gasteiger partial charge is 0.155 e. The predicted molar refractivity (Wildman–Crippen MR) is 231 cm³/mol. The standard InChI is InChI=1S/C51H44N4O5/c1-57-42-27-23-38(24-28-42)50(36-15-7-3-8-16-36,37-17-9-4-10-18-37)54-49-45-32-31-44(55(45)53-35-52-49)46-33-47(48(34-56)59-46)60-51(39-19-11-5-12-20-39,40-21-13-6-14-22-40)41-25-29-43(58-2)30-26-41/h3-32,34-35,46-48H,33H2,1-2H3,(H,52,53,54)/t46-,47+,48-/m1/s1. The molecule has 8 aromatic rings. The van der Waals surface area contributed by atoms with Crippen molar-refractivity contribution in [2.45, 2.75) is 35.9 Å². The largest absolute Gasteiger partial charge is 0.497 e. The molecule has 0 aliphatic carbocycles. The molecule has 2 aromatic heterocycles. The molecule has 1 fully saturated rings. The van der Waals surface area contributed by atoms with Crippen molar-refractivity contribution in [1.82, 2.24) is 14.6 Å². The summed E-state index contributed by atoms with van der Waals surface area (Å²) in [6, 6.07) is 60.9. The monoisotopic (exact) mass is 792 g/mol. The summed E-state index contributed by atoms with van der Waals surface area (Å²) >= 11 is 0. The number of benzene rings is 6. The molecular weight excluding hydrogens is 749 g/mol. The Morgan fingerprint density at radius 2 is 1.08 bits per heavy atom. The first-order valence-electron chi connectivity index (χ1n) is 20.0. The van der Waals surface area contributed by atoms with E-state index in [1.54, 1.807) is 20.5 Å². The molecule has 3 heterocycles. The van der Waals surface area contributed by atoms with Crippen molar-refractivity contribution in [2.75, 3.05) is 19.5 Å². The van der Waals surface area contributed by atoms with E-state index >= 15 is 0 Å². The second-order valence-electron chi connectivity index (χ2n) is 14.8. The van der Waals surface area contributed by atoms with E-state index in [9.17, 15) is 4.79 Å². The van der Waals surface area contributed by atoms with E-state index in [1.165, 1.54) is 0 Å². The van der Waals surface area contributed by atoms with Crippen LogP contribution < -0.4 is 14.8 Å². The van der Waals surface area contributed by atoms with Gasteiger partial charge in [-0.15, -0.1) is 0 Å². The minimum absolute atomic E-state index is 0.393. The van der Waals surface area contributed by atoms with Gasteiger partial charge in [-0.2, -0.15) is 5.10 Å². The molecule has 0 radical (unpaired) electrons. The highest BCUT2D eigenvalue weighted by atomic mass is 16.6. The molecular formula is C51H44N4O5. The highest BCUT2D eigenvalue weighted by molar-refractivity contribution is 5.72. The average molecular weight is 793 g/mol. The van der Waals surface area contributed by atoms with Crippen molar-refractivity contribution in [2.24, 2.45) is 0 Å². The quantitative estimate of drug-likeness (QED) is 0.0860. The number of rotatable bonds is 14. The van der Waals surface area contributed by atoms with E-state index in [4.69, 9.17) is 29.0 Å². The van der Waals surface area contributed by atoms with Crippen molar-refractivity contribution in [3.63, 3.8) is 0 Å². The molecule has 0 unspecified atom stereocenters. The molecule has 9 rings (SSSR count). The second kappa shape index (κ2) is 16.7. The molecule has 60 heavy (non-hydrogen) atoms. The number of ether oxygens (including phenoxy) is 4. The van der Waals surface area contributed by atoms with Crippen LogP contribution in [0.15, 0.2) is 188 Å². The van der Waals surface area contributed by atoms with Crippen molar-refractivity contribution in [3.8, 4) is 11.5 Å². The number of nitrogens with one attached hydrogen (secondary N) is 1. The Morgan fingerprint density at radius 1 is 0.617 bits per heavy atom. The molecule has 0 bridgehead atoms. The third-order valence-corrected chi connectivity index (χ3v) is 11.5. The lowest BCUT2D eigenvalue weighted by molar-refractivity contribution is -0.128. The number of hydrogen-bond donors (Lipinski definition) is 1. The summed E-state index contributed by atoms with van der Waals surface area (Å²) < 4.78 is 26.9. The van der Waals surface area contributed by atoms with Crippen LogP contribution in [0.2, 0.25) is 0 Å². The molecule has 0 spiro atoms. The molecule has 6 aromatic carbocycles. The van der Waals surface area contributed by atoms with E-state index < -0.39 is 29.5 Å². The summed E-state index contributed by atoms with van der Waals surface area (Å²) in [5.41, 5.74) is 5.35. The van der Waals surface area contributed by atoms with Gasteiger partial charge in [0, 0.05) is 6.42 Å². The summed E-state index contributed by atoms with van der Waals surface area (Å²) in [5.74, 6) is 2.11. The van der Waals surface area contributed by atoms with E-state index in [1.807, 2.05) is 126 Å². The van der Waals surface area contributed by atoms with Crippen LogP contribution in [0.1, 0.15) is 51.6 Å². The zero-order chi connectivity index (χ0) is 40.9. The summed E-state index contributed by atoms with van der Waals surface area (Å²) in [6.07, 6.45) is 0.782. The maximum Gasteiger partial charge on any atom is 0.155 e. The Balaban J connectivity index is 1.12. The fourth-order valence-corrected chi connectivity index (χ4v) is 8.61. The fraction of sp³-hybridized carbons (Fsp3) is 0.157. The van der Waals surface area contributed by atoms with Crippen LogP contribution in [-0.4, -0.2) is 47.3 Å². The molecule has 1 aliphatic heterocycles. The highest BCUT2D eigenvalue weighted by Gasteiger charge is 2.47. The van der Waals surface area contributed by atoms with Crippen LogP contribution in [0.5, 0.6) is 11.5 Å². The first-order valence-corrected chi connectivity index (χ1v) is 20.0. The first kappa shape index (κ1) is 38.4. The molecule has 0 amide bonds. The summed E-state index contributed by atoms with van der Waals surface area (Å²) in [4.78, 5) is 17.8. The lowest BCUT2D eigenvalue weighted by Crippen LogP contribution is -2.40. The number of nitrogens with zero attached hydrogens (tertiary/aromatic N) is 3. The zero-order valence-electron chi connectivity index (χ0n) is 33.3. The minimum Gasteiger partial charge on any atom is -0.497 e. The van der Waals surface area contributed by atoms with Gasteiger partial charge >= 0.3 is 0 Å². The second-order valence-corrected chi connectivity index (χ2v) is 14.8. The number of carbonyl (C=O) groups excluding carboxylic acids is 1. The SMILES string of the molecule is COc1ccc(C(Nc2ncnn3c([C@H]4C[C@H](OC(c5ccccc5)(c5ccccc5)c5ccc(OC)cc5)[C@@H](C=O)O4)ccc23)(c2ccccc2)c2ccccc2)cc1. The van der Waals surface area contributed by atoms with Gasteiger partial charge in [-0.05, 0) is 69.8 Å². The normalized spacial score (nSPS) is 16.7. The molecule has 0 saturated carbocycles. The highest BCUT2D eigenvalue weighted by Crippen LogP contribution is 2.47. The fourth-order valence-electron chi connectivity index (χ4n) is 8.61. The van der Waals surface area contributed by atoms with E-state index in [2.05, 4.69) is 66.0 Å². The molecule has 9 nitrogen and oxygen atoms in total. The zero-order valence-corrected chi connectivity index (χ0v) is 33.3. The van der Waals surface area contributed by atoms with Crippen molar-refractivity contribution < 1.29 is 23.7 Å². The molecule has 3 atom stereocenters. The maximum absolute atomic E-state index is 13.0. The van der Waals surface area contributed by atoms with E-state index in [-0.39, 0.29) is 0 Å². The van der Waals surface area contributed by atoms with Crippen LogP contribution in [0, 0.1) is 0 Å². The molecule has 1 aliphatic rings. The number of aldehydes is 1. The number of anilines is 1. The molecule has 1 N–H and O–H groups in total. The van der Waals surface area contributed by atoms with Gasteiger partial charge < -0.3 is 29.1 Å². The Kier molecular flexibility index (Phi) is 10.7. The average Bonchev–Trinajstić information content (AvgIpc) is 3.95. The lowest BCUT2D eigenvalue weighted by atomic mass is 9.77. The van der Waals surface area contributed by atoms with Gasteiger partial charge in [0.15, 0.2) is 12.1 Å². The van der Waals surface area contributed by atoms with Gasteiger partial charge in [-0.1, -0.05) is 146 Å².